The van der Waals surface area contributed by atoms with Crippen molar-refractivity contribution in [3.63, 3.8) is 0 Å². The first-order valence-corrected chi connectivity index (χ1v) is 13.8. The Kier molecular flexibility index (Phi) is 28.7. The second-order valence-corrected chi connectivity index (χ2v) is 8.66. The fraction of sp³-hybridized carbons (Fsp3) is 0.963. The van der Waals surface area contributed by atoms with E-state index in [1.165, 1.54) is 64.2 Å². The van der Waals surface area contributed by atoms with E-state index in [2.05, 4.69) is 13.8 Å². The molecule has 0 fully saturated rings. The molecule has 0 atom stereocenters. The quantitative estimate of drug-likeness (QED) is 0.0954. The molecule has 0 saturated heterocycles. The Morgan fingerprint density at radius 2 is 0.788 bits per heavy atom. The van der Waals surface area contributed by atoms with Crippen LogP contribution in [-0.2, 0) is 28.5 Å². The van der Waals surface area contributed by atoms with E-state index in [-0.39, 0.29) is 5.97 Å². The molecule has 6 heteroatoms. The molecule has 0 aromatic rings. The summed E-state index contributed by atoms with van der Waals surface area (Å²) in [7, 11) is 0. The van der Waals surface area contributed by atoms with E-state index in [1.807, 2.05) is 0 Å². The highest BCUT2D eigenvalue weighted by atomic mass is 16.6. The molecule has 0 saturated carbocycles. The van der Waals surface area contributed by atoms with Crippen LogP contribution in [-0.4, -0.2) is 65.4 Å². The minimum absolute atomic E-state index is 0.117. The van der Waals surface area contributed by atoms with Gasteiger partial charge in [-0.1, -0.05) is 84.5 Å². The van der Waals surface area contributed by atoms with E-state index >= 15 is 0 Å². The molecule has 198 valence electrons. The van der Waals surface area contributed by atoms with Gasteiger partial charge in [-0.3, -0.25) is 4.79 Å². The second kappa shape index (κ2) is 29.3. The summed E-state index contributed by atoms with van der Waals surface area (Å²) in [5.41, 5.74) is 0. The van der Waals surface area contributed by atoms with Crippen molar-refractivity contribution in [2.75, 3.05) is 59.5 Å². The summed E-state index contributed by atoms with van der Waals surface area (Å²) in [6.45, 7) is 9.89. The molecule has 0 aliphatic heterocycles. The largest absolute Gasteiger partial charge is 0.466 e. The molecule has 0 unspecified atom stereocenters. The topological polar surface area (TPSA) is 63.2 Å². The van der Waals surface area contributed by atoms with E-state index in [0.29, 0.717) is 65.7 Å². The number of carbonyl (C=O) groups excluding carboxylic acids is 1. The molecule has 0 radical (unpaired) electrons. The lowest BCUT2D eigenvalue weighted by molar-refractivity contribution is -0.144. The molecule has 0 aromatic carbocycles. The van der Waals surface area contributed by atoms with Gasteiger partial charge in [0.15, 0.2) is 0 Å². The number of hydrogen-bond acceptors (Lipinski definition) is 6. The molecular formula is C27H54O6. The number of hydrogen-bond donors (Lipinski definition) is 0. The molecule has 0 heterocycles. The van der Waals surface area contributed by atoms with Gasteiger partial charge in [-0.25, -0.2) is 0 Å². The second-order valence-electron chi connectivity index (χ2n) is 8.66. The van der Waals surface area contributed by atoms with Crippen molar-refractivity contribution in [3.05, 3.63) is 0 Å². The Hall–Kier alpha value is -0.690. The van der Waals surface area contributed by atoms with Crippen LogP contribution in [0.15, 0.2) is 0 Å². The zero-order chi connectivity index (χ0) is 24.1. The van der Waals surface area contributed by atoms with Gasteiger partial charge < -0.3 is 23.7 Å². The molecule has 33 heavy (non-hydrogen) atoms. The van der Waals surface area contributed by atoms with Crippen molar-refractivity contribution in [2.24, 2.45) is 0 Å². The first-order valence-electron chi connectivity index (χ1n) is 13.8. The van der Waals surface area contributed by atoms with Crippen LogP contribution in [0.4, 0.5) is 0 Å². The van der Waals surface area contributed by atoms with Crippen LogP contribution >= 0.6 is 0 Å². The molecule has 0 amide bonds. The lowest BCUT2D eigenvalue weighted by atomic mass is 10.1. The van der Waals surface area contributed by atoms with Crippen LogP contribution in [0.2, 0.25) is 0 Å². The van der Waals surface area contributed by atoms with Gasteiger partial charge in [0, 0.05) is 19.6 Å². The smallest absolute Gasteiger partial charge is 0.305 e. The fourth-order valence-electron chi connectivity index (χ4n) is 3.38. The van der Waals surface area contributed by atoms with Gasteiger partial charge in [0.05, 0.1) is 46.2 Å². The maximum atomic E-state index is 11.7. The van der Waals surface area contributed by atoms with E-state index in [4.69, 9.17) is 23.7 Å². The van der Waals surface area contributed by atoms with E-state index < -0.39 is 0 Å². The summed E-state index contributed by atoms with van der Waals surface area (Å²) >= 11 is 0. The first-order chi connectivity index (χ1) is 16.3. The van der Waals surface area contributed by atoms with Crippen LogP contribution in [0.25, 0.3) is 0 Å². The van der Waals surface area contributed by atoms with Gasteiger partial charge in [0.25, 0.3) is 0 Å². The highest BCUT2D eigenvalue weighted by Gasteiger charge is 2.02. The highest BCUT2D eigenvalue weighted by molar-refractivity contribution is 5.69. The summed E-state index contributed by atoms with van der Waals surface area (Å²) in [5.74, 6) is -0.117. The minimum atomic E-state index is -0.117. The van der Waals surface area contributed by atoms with Crippen molar-refractivity contribution in [1.82, 2.24) is 0 Å². The Morgan fingerprint density at radius 1 is 0.424 bits per heavy atom. The number of rotatable bonds is 28. The molecule has 0 aliphatic rings. The van der Waals surface area contributed by atoms with Crippen LogP contribution in [0, 0.1) is 0 Å². The molecular weight excluding hydrogens is 420 g/mol. The monoisotopic (exact) mass is 474 g/mol. The van der Waals surface area contributed by atoms with Crippen molar-refractivity contribution in [3.8, 4) is 0 Å². The summed E-state index contributed by atoms with van der Waals surface area (Å²) in [6.07, 6.45) is 17.4. The number of ether oxygens (including phenoxy) is 5. The molecule has 0 aromatic heterocycles. The molecule has 0 N–H and O–H groups in total. The lowest BCUT2D eigenvalue weighted by Gasteiger charge is -2.08. The zero-order valence-corrected chi connectivity index (χ0v) is 21.9. The average molecular weight is 475 g/mol. The van der Waals surface area contributed by atoms with E-state index in [9.17, 15) is 4.79 Å². The van der Waals surface area contributed by atoms with Crippen LogP contribution < -0.4 is 0 Å². The van der Waals surface area contributed by atoms with Crippen molar-refractivity contribution >= 4 is 5.97 Å². The van der Waals surface area contributed by atoms with Gasteiger partial charge in [-0.2, -0.15) is 0 Å². The fourth-order valence-corrected chi connectivity index (χ4v) is 3.38. The van der Waals surface area contributed by atoms with Crippen LogP contribution in [0.1, 0.15) is 110 Å². The third-order valence-electron chi connectivity index (χ3n) is 5.44. The van der Waals surface area contributed by atoms with Gasteiger partial charge in [0.2, 0.25) is 0 Å². The van der Waals surface area contributed by atoms with Gasteiger partial charge in [-0.05, 0) is 19.3 Å². The standard InChI is InChI=1S/C27H54O6/c1-3-5-7-9-11-13-15-20-33-27(28)17-16-19-30-22-24-32-26-25-31-23-21-29-18-14-12-10-8-6-4-2/h3-26H2,1-2H3. The molecule has 0 rings (SSSR count). The number of unbranched alkanes of at least 4 members (excludes halogenated alkanes) is 11. The third-order valence-corrected chi connectivity index (χ3v) is 5.44. The third kappa shape index (κ3) is 29.3. The maximum Gasteiger partial charge on any atom is 0.305 e. The summed E-state index contributed by atoms with van der Waals surface area (Å²) in [4.78, 5) is 11.7. The SMILES string of the molecule is CCCCCCCCCOC(=O)CCCOCCOCCOCCOCCCCCCCC. The Balaban J connectivity index is 3.11. The van der Waals surface area contributed by atoms with Gasteiger partial charge in [-0.15, -0.1) is 0 Å². The predicted molar refractivity (Wildman–Crippen MR) is 135 cm³/mol. The van der Waals surface area contributed by atoms with E-state index in [1.54, 1.807) is 0 Å². The first kappa shape index (κ1) is 32.3. The molecule has 6 nitrogen and oxygen atoms in total. The Bertz CT molecular complexity index is 378. The average Bonchev–Trinajstić information content (AvgIpc) is 2.82. The Labute approximate surface area is 204 Å². The van der Waals surface area contributed by atoms with Crippen molar-refractivity contribution in [1.29, 1.82) is 0 Å². The number of carbonyl (C=O) groups is 1. The predicted octanol–water partition coefficient (Wildman–Crippen LogP) is 6.49. The zero-order valence-electron chi connectivity index (χ0n) is 21.9. The molecule has 0 bridgehead atoms. The number of esters is 1. The lowest BCUT2D eigenvalue weighted by Crippen LogP contribution is -2.12. The highest BCUT2D eigenvalue weighted by Crippen LogP contribution is 2.07. The molecule has 0 spiro atoms. The van der Waals surface area contributed by atoms with Gasteiger partial charge >= 0.3 is 5.97 Å². The summed E-state index contributed by atoms with van der Waals surface area (Å²) < 4.78 is 27.3. The van der Waals surface area contributed by atoms with Gasteiger partial charge in [0.1, 0.15) is 0 Å². The summed E-state index contributed by atoms with van der Waals surface area (Å²) in [6, 6.07) is 0. The van der Waals surface area contributed by atoms with Crippen LogP contribution in [0.5, 0.6) is 0 Å². The minimum Gasteiger partial charge on any atom is -0.466 e. The van der Waals surface area contributed by atoms with Crippen molar-refractivity contribution < 1.29 is 28.5 Å². The van der Waals surface area contributed by atoms with E-state index in [0.717, 1.165) is 25.9 Å². The summed E-state index contributed by atoms with van der Waals surface area (Å²) in [5, 5.41) is 0. The maximum absolute atomic E-state index is 11.7. The van der Waals surface area contributed by atoms with Crippen LogP contribution in [0.3, 0.4) is 0 Å². The Morgan fingerprint density at radius 3 is 1.27 bits per heavy atom. The van der Waals surface area contributed by atoms with Crippen molar-refractivity contribution in [2.45, 2.75) is 110 Å². The molecule has 0 aliphatic carbocycles. The normalized spacial score (nSPS) is 11.2.